The lowest BCUT2D eigenvalue weighted by atomic mass is 10.2. The Morgan fingerprint density at radius 3 is 2.81 bits per heavy atom. The first-order chi connectivity index (χ1) is 13.2. The van der Waals surface area contributed by atoms with E-state index in [1.807, 2.05) is 30.3 Å². The minimum absolute atomic E-state index is 0.188. The summed E-state index contributed by atoms with van der Waals surface area (Å²) in [4.78, 5) is 19.1. The highest BCUT2D eigenvalue weighted by Gasteiger charge is 2.19. The Labute approximate surface area is 165 Å². The number of anilines is 2. The molecule has 0 unspecified atom stereocenters. The molecule has 1 N–H and O–H groups in total. The van der Waals surface area contributed by atoms with Gasteiger partial charge in [0.05, 0.1) is 21.7 Å². The summed E-state index contributed by atoms with van der Waals surface area (Å²) in [5.41, 5.74) is 2.06. The summed E-state index contributed by atoms with van der Waals surface area (Å²) in [7, 11) is 0. The number of para-hydroxylation sites is 2. The summed E-state index contributed by atoms with van der Waals surface area (Å²) >= 11 is 3.14. The van der Waals surface area contributed by atoms with Crippen LogP contribution in [0.5, 0.6) is 0 Å². The van der Waals surface area contributed by atoms with Crippen LogP contribution in [-0.4, -0.2) is 29.7 Å². The molecule has 3 aromatic rings. The first-order valence-electron chi connectivity index (χ1n) is 8.96. The van der Waals surface area contributed by atoms with Crippen molar-refractivity contribution >= 4 is 50.6 Å². The van der Waals surface area contributed by atoms with Crippen LogP contribution < -0.4 is 10.2 Å². The van der Waals surface area contributed by atoms with Crippen molar-refractivity contribution in [1.82, 2.24) is 4.98 Å². The molecule has 2 aromatic carbocycles. The highest BCUT2D eigenvalue weighted by Crippen LogP contribution is 2.31. The van der Waals surface area contributed by atoms with Crippen molar-refractivity contribution in [3.05, 3.63) is 53.3 Å². The van der Waals surface area contributed by atoms with E-state index in [1.165, 1.54) is 17.8 Å². The number of benzene rings is 2. The normalized spacial score (nSPS) is 14.0. The third-order valence-electron chi connectivity index (χ3n) is 4.50. The average molecular weight is 402 g/mol. The zero-order valence-corrected chi connectivity index (χ0v) is 16.4. The molecule has 1 aliphatic rings. The van der Waals surface area contributed by atoms with Gasteiger partial charge in [-0.15, -0.1) is 23.1 Å². The average Bonchev–Trinajstić information content (AvgIpc) is 3.32. The molecule has 4 nitrogen and oxygen atoms in total. The first-order valence-corrected chi connectivity index (χ1v) is 10.9. The zero-order chi connectivity index (χ0) is 18.6. The molecule has 0 spiro atoms. The number of thiazole rings is 1. The van der Waals surface area contributed by atoms with Crippen LogP contribution in [0, 0.1) is 5.82 Å². The molecular formula is C20H20FN3OS2. The maximum Gasteiger partial charge on any atom is 0.234 e. The molecule has 0 saturated carbocycles. The van der Waals surface area contributed by atoms with Crippen LogP contribution >= 0.6 is 23.1 Å². The third-order valence-corrected chi connectivity index (χ3v) is 6.66. The van der Waals surface area contributed by atoms with E-state index in [4.69, 9.17) is 0 Å². The number of aromatic nitrogens is 1. The molecule has 27 heavy (non-hydrogen) atoms. The molecule has 4 rings (SSSR count). The number of carbonyl (C=O) groups excluding carboxylic acids is 1. The second kappa shape index (κ2) is 8.27. The number of hydrogen-bond donors (Lipinski definition) is 1. The highest BCUT2D eigenvalue weighted by atomic mass is 32.2. The summed E-state index contributed by atoms with van der Waals surface area (Å²) < 4.78 is 15.5. The van der Waals surface area contributed by atoms with Crippen molar-refractivity contribution in [3.8, 4) is 0 Å². The number of hydrogen-bond acceptors (Lipinski definition) is 5. The molecule has 0 aliphatic carbocycles. The Kier molecular flexibility index (Phi) is 5.59. The van der Waals surface area contributed by atoms with Gasteiger partial charge in [0.25, 0.3) is 0 Å². The number of rotatable bonds is 6. The highest BCUT2D eigenvalue weighted by molar-refractivity contribution is 7.99. The quantitative estimate of drug-likeness (QED) is 0.638. The van der Waals surface area contributed by atoms with E-state index in [9.17, 15) is 9.18 Å². The molecule has 1 aliphatic heterocycles. The number of fused-ring (bicyclic) bond motifs is 1. The summed E-state index contributed by atoms with van der Waals surface area (Å²) in [6, 6.07) is 13.0. The number of carbonyl (C=O) groups is 1. The lowest BCUT2D eigenvalue weighted by Gasteiger charge is -2.21. The number of nitrogens with zero attached hydrogens (tertiary/aromatic N) is 2. The van der Waals surface area contributed by atoms with Crippen LogP contribution in [0.3, 0.4) is 0 Å². The Balaban J connectivity index is 1.36. The summed E-state index contributed by atoms with van der Waals surface area (Å²) in [6.45, 7) is 1.80. The molecule has 0 radical (unpaired) electrons. The van der Waals surface area contributed by atoms with Gasteiger partial charge in [0, 0.05) is 18.8 Å². The fourth-order valence-corrected chi connectivity index (χ4v) is 5.09. The van der Waals surface area contributed by atoms with Gasteiger partial charge in [-0.05, 0) is 37.1 Å². The second-order valence-electron chi connectivity index (χ2n) is 6.44. The van der Waals surface area contributed by atoms with E-state index in [2.05, 4.69) is 15.2 Å². The molecule has 0 bridgehead atoms. The molecule has 1 aromatic heterocycles. The standard InChI is InChI=1S/C20H20FN3OS2/c21-14-6-5-8-16(24-10-3-4-11-24)20(14)23-18(25)12-26-13-19-22-15-7-1-2-9-17(15)27-19/h1-2,5-9H,3-4,10-13H2,(H,23,25). The van der Waals surface area contributed by atoms with Crippen molar-refractivity contribution in [3.63, 3.8) is 0 Å². The van der Waals surface area contributed by atoms with Crippen LogP contribution in [0.1, 0.15) is 17.8 Å². The van der Waals surface area contributed by atoms with Gasteiger partial charge >= 0.3 is 0 Å². The SMILES string of the molecule is O=C(CSCc1nc2ccccc2s1)Nc1c(F)cccc1N1CCCC1. The summed E-state index contributed by atoms with van der Waals surface area (Å²) in [5.74, 6) is 0.364. The molecule has 1 fully saturated rings. The van der Waals surface area contributed by atoms with Crippen LogP contribution in [-0.2, 0) is 10.5 Å². The third kappa shape index (κ3) is 4.25. The number of thioether (sulfide) groups is 1. The maximum absolute atomic E-state index is 14.3. The zero-order valence-electron chi connectivity index (χ0n) is 14.8. The van der Waals surface area contributed by atoms with Crippen molar-refractivity contribution < 1.29 is 9.18 Å². The monoisotopic (exact) mass is 401 g/mol. The fraction of sp³-hybridized carbons (Fsp3) is 0.300. The number of nitrogens with one attached hydrogen (secondary N) is 1. The molecular weight excluding hydrogens is 381 g/mol. The molecule has 1 saturated heterocycles. The van der Waals surface area contributed by atoms with E-state index in [-0.39, 0.29) is 17.5 Å². The Bertz CT molecular complexity index is 920. The molecule has 140 valence electrons. The Morgan fingerprint density at radius 1 is 1.19 bits per heavy atom. The van der Waals surface area contributed by atoms with Gasteiger partial charge < -0.3 is 10.2 Å². The van der Waals surface area contributed by atoms with Gasteiger partial charge in [0.2, 0.25) is 5.91 Å². The van der Waals surface area contributed by atoms with E-state index < -0.39 is 0 Å². The van der Waals surface area contributed by atoms with Crippen LogP contribution in [0.4, 0.5) is 15.8 Å². The second-order valence-corrected chi connectivity index (χ2v) is 8.55. The lowest BCUT2D eigenvalue weighted by molar-refractivity contribution is -0.113. The van der Waals surface area contributed by atoms with E-state index in [1.54, 1.807) is 17.4 Å². The smallest absolute Gasteiger partial charge is 0.234 e. The van der Waals surface area contributed by atoms with Gasteiger partial charge in [-0.3, -0.25) is 4.79 Å². The van der Waals surface area contributed by atoms with Gasteiger partial charge in [-0.2, -0.15) is 0 Å². The minimum Gasteiger partial charge on any atom is -0.370 e. The lowest BCUT2D eigenvalue weighted by Crippen LogP contribution is -2.22. The van der Waals surface area contributed by atoms with Crippen molar-refractivity contribution in [2.24, 2.45) is 0 Å². The van der Waals surface area contributed by atoms with Gasteiger partial charge in [-0.1, -0.05) is 18.2 Å². The molecule has 0 atom stereocenters. The Hall–Kier alpha value is -2.12. The van der Waals surface area contributed by atoms with Crippen molar-refractivity contribution in [2.75, 3.05) is 29.1 Å². The van der Waals surface area contributed by atoms with E-state index in [0.717, 1.165) is 46.8 Å². The number of amides is 1. The van der Waals surface area contributed by atoms with Crippen LogP contribution in [0.25, 0.3) is 10.2 Å². The van der Waals surface area contributed by atoms with E-state index >= 15 is 0 Å². The van der Waals surface area contributed by atoms with Gasteiger partial charge in [-0.25, -0.2) is 9.37 Å². The molecule has 1 amide bonds. The van der Waals surface area contributed by atoms with Gasteiger partial charge in [0.15, 0.2) is 0 Å². The Morgan fingerprint density at radius 2 is 2.00 bits per heavy atom. The van der Waals surface area contributed by atoms with Crippen molar-refractivity contribution in [1.29, 1.82) is 0 Å². The minimum atomic E-state index is -0.385. The van der Waals surface area contributed by atoms with Gasteiger partial charge in [0.1, 0.15) is 16.5 Å². The fourth-order valence-electron chi connectivity index (χ4n) is 3.25. The first kappa shape index (κ1) is 18.3. The summed E-state index contributed by atoms with van der Waals surface area (Å²) in [5, 5.41) is 3.77. The van der Waals surface area contributed by atoms with Crippen LogP contribution in [0.15, 0.2) is 42.5 Å². The van der Waals surface area contributed by atoms with Crippen LogP contribution in [0.2, 0.25) is 0 Å². The summed E-state index contributed by atoms with van der Waals surface area (Å²) in [6.07, 6.45) is 2.20. The van der Waals surface area contributed by atoms with Crippen molar-refractivity contribution in [2.45, 2.75) is 18.6 Å². The number of halogens is 1. The predicted molar refractivity (Wildman–Crippen MR) is 112 cm³/mol. The predicted octanol–water partition coefficient (Wildman–Crippen LogP) is 4.91. The molecule has 2 heterocycles. The van der Waals surface area contributed by atoms with E-state index in [0.29, 0.717) is 11.4 Å². The maximum atomic E-state index is 14.3. The topological polar surface area (TPSA) is 45.2 Å². The molecule has 7 heteroatoms. The largest absolute Gasteiger partial charge is 0.370 e.